The number of thiazole rings is 1. The van der Waals surface area contributed by atoms with Crippen LogP contribution in [-0.2, 0) is 15.4 Å². The van der Waals surface area contributed by atoms with E-state index in [0.29, 0.717) is 23.7 Å². The van der Waals surface area contributed by atoms with Crippen molar-refractivity contribution >= 4 is 33.0 Å². The summed E-state index contributed by atoms with van der Waals surface area (Å²) in [7, 11) is -3.52. The van der Waals surface area contributed by atoms with E-state index in [1.54, 1.807) is 30.5 Å². The molecule has 0 bridgehead atoms. The summed E-state index contributed by atoms with van der Waals surface area (Å²) >= 11 is 1.37. The number of sulfonamides is 1. The number of aromatic nitrogens is 1. The summed E-state index contributed by atoms with van der Waals surface area (Å²) in [5.74, 6) is -0.246. The minimum atomic E-state index is -3.52. The Morgan fingerprint density at radius 1 is 1.14 bits per heavy atom. The largest absolute Gasteiger partial charge is 0.321 e. The average Bonchev–Trinajstić information content (AvgIpc) is 3.19. The molecule has 3 rings (SSSR count). The zero-order chi connectivity index (χ0) is 21.2. The molecule has 1 amide bonds. The van der Waals surface area contributed by atoms with Crippen LogP contribution in [0.25, 0.3) is 0 Å². The van der Waals surface area contributed by atoms with Crippen LogP contribution in [0.4, 0.5) is 5.69 Å². The van der Waals surface area contributed by atoms with Crippen molar-refractivity contribution in [2.75, 3.05) is 38.0 Å². The SMILES string of the molecule is CCN1CCN(S(=O)(=O)c2ccc(NC(=O)c3cnc(C(C)(C)C)s3)cc2)CC1. The number of rotatable bonds is 5. The molecule has 9 heteroatoms. The first-order valence-electron chi connectivity index (χ1n) is 9.71. The third kappa shape index (κ3) is 5.03. The van der Waals surface area contributed by atoms with Gasteiger partial charge in [0.05, 0.1) is 16.1 Å². The van der Waals surface area contributed by atoms with Crippen LogP contribution >= 0.6 is 11.3 Å². The van der Waals surface area contributed by atoms with Crippen molar-refractivity contribution in [2.45, 2.75) is 38.0 Å². The Hall–Kier alpha value is -1.81. The molecule has 0 radical (unpaired) electrons. The Morgan fingerprint density at radius 3 is 2.28 bits per heavy atom. The van der Waals surface area contributed by atoms with Gasteiger partial charge in [0, 0.05) is 37.3 Å². The predicted octanol–water partition coefficient (Wildman–Crippen LogP) is 3.02. The Bertz CT molecular complexity index is 954. The molecule has 1 aromatic carbocycles. The van der Waals surface area contributed by atoms with E-state index in [1.165, 1.54) is 15.6 Å². The highest BCUT2D eigenvalue weighted by Gasteiger charge is 2.28. The number of benzene rings is 1. The lowest BCUT2D eigenvalue weighted by molar-refractivity contribution is 0.103. The van der Waals surface area contributed by atoms with E-state index < -0.39 is 10.0 Å². The number of nitrogens with zero attached hydrogens (tertiary/aromatic N) is 3. The van der Waals surface area contributed by atoms with Crippen LogP contribution in [0, 0.1) is 0 Å². The van der Waals surface area contributed by atoms with E-state index in [1.807, 2.05) is 0 Å². The van der Waals surface area contributed by atoms with Gasteiger partial charge >= 0.3 is 0 Å². The fourth-order valence-corrected chi connectivity index (χ4v) is 5.36. The first-order chi connectivity index (χ1) is 13.6. The number of carbonyl (C=O) groups is 1. The summed E-state index contributed by atoms with van der Waals surface area (Å²) in [4.78, 5) is 19.8. The maximum absolute atomic E-state index is 12.8. The second-order valence-corrected chi connectivity index (χ2v) is 11.1. The van der Waals surface area contributed by atoms with Gasteiger partial charge in [-0.15, -0.1) is 11.3 Å². The smallest absolute Gasteiger partial charge is 0.267 e. The van der Waals surface area contributed by atoms with E-state index in [9.17, 15) is 13.2 Å². The number of hydrogen-bond acceptors (Lipinski definition) is 6. The number of piperazine rings is 1. The van der Waals surface area contributed by atoms with Gasteiger partial charge in [0.1, 0.15) is 4.88 Å². The van der Waals surface area contributed by atoms with Crippen LogP contribution in [0.3, 0.4) is 0 Å². The monoisotopic (exact) mass is 436 g/mol. The summed E-state index contributed by atoms with van der Waals surface area (Å²) in [6.45, 7) is 11.6. The number of amides is 1. The molecular weight excluding hydrogens is 408 g/mol. The summed E-state index contributed by atoms with van der Waals surface area (Å²) in [6, 6.07) is 6.34. The minimum absolute atomic E-state index is 0.109. The highest BCUT2D eigenvalue weighted by atomic mass is 32.2. The molecule has 2 aromatic rings. The zero-order valence-electron chi connectivity index (χ0n) is 17.3. The molecule has 1 saturated heterocycles. The summed E-state index contributed by atoms with van der Waals surface area (Å²) < 4.78 is 27.2. The normalized spacial score (nSPS) is 16.7. The van der Waals surface area contributed by atoms with Crippen molar-refractivity contribution in [1.82, 2.24) is 14.2 Å². The second kappa shape index (κ2) is 8.51. The number of carbonyl (C=O) groups excluding carboxylic acids is 1. The van der Waals surface area contributed by atoms with Gasteiger partial charge in [0.2, 0.25) is 10.0 Å². The van der Waals surface area contributed by atoms with E-state index in [4.69, 9.17) is 0 Å². The van der Waals surface area contributed by atoms with Crippen LogP contribution in [0.1, 0.15) is 42.4 Å². The lowest BCUT2D eigenvalue weighted by Gasteiger charge is -2.33. The number of nitrogens with one attached hydrogen (secondary N) is 1. The maximum Gasteiger partial charge on any atom is 0.267 e. The lowest BCUT2D eigenvalue weighted by atomic mass is 9.98. The lowest BCUT2D eigenvalue weighted by Crippen LogP contribution is -2.48. The Kier molecular flexibility index (Phi) is 6.42. The van der Waals surface area contributed by atoms with Crippen LogP contribution in [-0.4, -0.2) is 61.2 Å². The fourth-order valence-electron chi connectivity index (χ4n) is 3.06. The molecule has 29 heavy (non-hydrogen) atoms. The van der Waals surface area contributed by atoms with Crippen molar-refractivity contribution in [2.24, 2.45) is 0 Å². The average molecular weight is 437 g/mol. The van der Waals surface area contributed by atoms with Gasteiger partial charge in [-0.3, -0.25) is 4.79 Å². The molecule has 2 heterocycles. The van der Waals surface area contributed by atoms with Gasteiger partial charge in [-0.2, -0.15) is 4.31 Å². The third-order valence-electron chi connectivity index (χ3n) is 4.90. The molecular formula is C20H28N4O3S2. The molecule has 0 unspecified atom stereocenters. The van der Waals surface area contributed by atoms with Crippen molar-refractivity contribution in [3.63, 3.8) is 0 Å². The summed E-state index contributed by atoms with van der Waals surface area (Å²) in [6.07, 6.45) is 1.58. The number of anilines is 1. The van der Waals surface area contributed by atoms with Crippen LogP contribution in [0.15, 0.2) is 35.4 Å². The minimum Gasteiger partial charge on any atom is -0.321 e. The Balaban J connectivity index is 1.67. The molecule has 1 aliphatic rings. The predicted molar refractivity (Wildman–Crippen MR) is 116 cm³/mol. The van der Waals surface area contributed by atoms with Gasteiger partial charge in [-0.05, 0) is 30.8 Å². The quantitative estimate of drug-likeness (QED) is 0.779. The molecule has 7 nitrogen and oxygen atoms in total. The number of hydrogen-bond donors (Lipinski definition) is 1. The van der Waals surface area contributed by atoms with Gasteiger partial charge in [0.25, 0.3) is 5.91 Å². The molecule has 0 spiro atoms. The Morgan fingerprint density at radius 2 is 1.76 bits per heavy atom. The number of likely N-dealkylation sites (N-methyl/N-ethyl adjacent to an activating group) is 1. The van der Waals surface area contributed by atoms with Crippen LogP contribution < -0.4 is 5.32 Å². The second-order valence-electron chi connectivity index (χ2n) is 8.10. The maximum atomic E-state index is 12.8. The van der Waals surface area contributed by atoms with Gasteiger partial charge < -0.3 is 10.2 Å². The first kappa shape index (κ1) is 21.9. The van der Waals surface area contributed by atoms with E-state index in [2.05, 4.69) is 42.9 Å². The molecule has 0 aliphatic carbocycles. The van der Waals surface area contributed by atoms with Gasteiger partial charge in [-0.1, -0.05) is 27.7 Å². The van der Waals surface area contributed by atoms with Crippen molar-refractivity contribution in [3.05, 3.63) is 40.3 Å². The molecule has 0 saturated carbocycles. The van der Waals surface area contributed by atoms with E-state index >= 15 is 0 Å². The van der Waals surface area contributed by atoms with Crippen molar-refractivity contribution in [1.29, 1.82) is 0 Å². The van der Waals surface area contributed by atoms with E-state index in [0.717, 1.165) is 24.6 Å². The first-order valence-corrected chi connectivity index (χ1v) is 12.0. The molecule has 0 atom stereocenters. The highest BCUT2D eigenvalue weighted by Crippen LogP contribution is 2.27. The fraction of sp³-hybridized carbons (Fsp3) is 0.500. The molecule has 1 N–H and O–H groups in total. The molecule has 1 fully saturated rings. The van der Waals surface area contributed by atoms with Gasteiger partial charge in [-0.25, -0.2) is 13.4 Å². The highest BCUT2D eigenvalue weighted by molar-refractivity contribution is 7.89. The summed E-state index contributed by atoms with van der Waals surface area (Å²) in [5, 5.41) is 3.71. The zero-order valence-corrected chi connectivity index (χ0v) is 18.9. The van der Waals surface area contributed by atoms with Crippen LogP contribution in [0.2, 0.25) is 0 Å². The molecule has 158 valence electrons. The Labute approximate surface area is 176 Å². The van der Waals surface area contributed by atoms with Crippen molar-refractivity contribution in [3.8, 4) is 0 Å². The molecule has 1 aromatic heterocycles. The van der Waals surface area contributed by atoms with Crippen molar-refractivity contribution < 1.29 is 13.2 Å². The standard InChI is InChI=1S/C20H28N4O3S2/c1-5-23-10-12-24(13-11-23)29(26,27)16-8-6-15(7-9-16)22-18(25)17-14-21-19(28-17)20(2,3)4/h6-9,14H,5,10-13H2,1-4H3,(H,22,25). The third-order valence-corrected chi connectivity index (χ3v) is 8.23. The van der Waals surface area contributed by atoms with Crippen LogP contribution in [0.5, 0.6) is 0 Å². The van der Waals surface area contributed by atoms with E-state index in [-0.39, 0.29) is 16.2 Å². The molecule has 1 aliphatic heterocycles. The topological polar surface area (TPSA) is 82.6 Å². The summed E-state index contributed by atoms with van der Waals surface area (Å²) in [5.41, 5.74) is 0.442. The van der Waals surface area contributed by atoms with Gasteiger partial charge in [0.15, 0.2) is 0 Å².